The minimum atomic E-state index is -0.109. The van der Waals surface area contributed by atoms with E-state index in [1.165, 1.54) is 5.56 Å². The molecule has 1 heterocycles. The monoisotopic (exact) mass is 518 g/mol. The first-order chi connectivity index (χ1) is 13.7. The van der Waals surface area contributed by atoms with Crippen LogP contribution >= 0.6 is 24.0 Å². The number of rotatable bonds is 10. The van der Waals surface area contributed by atoms with Crippen LogP contribution in [0.4, 0.5) is 5.69 Å². The molecule has 1 aromatic carbocycles. The summed E-state index contributed by atoms with van der Waals surface area (Å²) in [6.07, 6.45) is 2.01. The molecular formula is C21H35IN4O3. The topological polar surface area (TPSA) is 75.2 Å². The lowest BCUT2D eigenvalue weighted by Crippen LogP contribution is -2.40. The molecule has 29 heavy (non-hydrogen) atoms. The van der Waals surface area contributed by atoms with Crippen LogP contribution in [0.25, 0.3) is 0 Å². The Bertz CT molecular complexity index is 642. The molecule has 0 bridgehead atoms. The maximum Gasteiger partial charge on any atom is 0.246 e. The number of ether oxygens (including phenoxy) is 2. The molecular weight excluding hydrogens is 483 g/mol. The molecule has 1 aliphatic heterocycles. The molecule has 164 valence electrons. The third kappa shape index (κ3) is 9.31. The van der Waals surface area contributed by atoms with Crippen LogP contribution in [0.5, 0.6) is 0 Å². The third-order valence-corrected chi connectivity index (χ3v) is 4.70. The van der Waals surface area contributed by atoms with Gasteiger partial charge in [-0.05, 0) is 37.5 Å². The number of hydrogen-bond donors (Lipinski definition) is 2. The predicted molar refractivity (Wildman–Crippen MR) is 128 cm³/mol. The zero-order valence-electron chi connectivity index (χ0n) is 17.8. The number of amides is 1. The molecule has 2 N–H and O–H groups in total. The lowest BCUT2D eigenvalue weighted by atomic mass is 10.1. The average Bonchev–Trinajstić information content (AvgIpc) is 3.17. The summed E-state index contributed by atoms with van der Waals surface area (Å²) in [6, 6.07) is 7.92. The number of nitrogens with one attached hydrogen (secondary N) is 2. The molecule has 1 aromatic rings. The number of benzene rings is 1. The minimum Gasteiger partial charge on any atom is -0.382 e. The summed E-state index contributed by atoms with van der Waals surface area (Å²) in [5, 5.41) is 6.22. The van der Waals surface area contributed by atoms with Gasteiger partial charge in [-0.25, -0.2) is 4.99 Å². The normalized spacial score (nSPS) is 16.4. The number of hydrogen-bond acceptors (Lipinski definition) is 4. The van der Waals surface area contributed by atoms with Crippen LogP contribution in [0, 0.1) is 5.92 Å². The fraction of sp³-hybridized carbons (Fsp3) is 0.619. The zero-order valence-corrected chi connectivity index (χ0v) is 20.1. The summed E-state index contributed by atoms with van der Waals surface area (Å²) in [5.74, 6) is 1.16. The Balaban J connectivity index is 0.00000420. The van der Waals surface area contributed by atoms with Crippen LogP contribution in [0.1, 0.15) is 25.8 Å². The number of guanidine groups is 1. The Morgan fingerprint density at radius 3 is 2.86 bits per heavy atom. The zero-order chi connectivity index (χ0) is 20.2. The van der Waals surface area contributed by atoms with E-state index in [2.05, 4.69) is 33.5 Å². The number of aliphatic imine (C=N–C) groups is 1. The Hall–Kier alpha value is -1.39. The molecule has 1 fully saturated rings. The van der Waals surface area contributed by atoms with Crippen molar-refractivity contribution in [3.63, 3.8) is 0 Å². The van der Waals surface area contributed by atoms with Crippen LogP contribution in [-0.4, -0.2) is 69.9 Å². The van der Waals surface area contributed by atoms with E-state index >= 15 is 0 Å². The molecule has 1 unspecified atom stereocenters. The fourth-order valence-corrected chi connectivity index (χ4v) is 3.20. The SMILES string of the molecule is CCNC(=NCC(=O)Nc1cccc(CC)c1)N1CCC(COCCOC)C1.I. The van der Waals surface area contributed by atoms with Crippen LogP contribution in [0.2, 0.25) is 0 Å². The average molecular weight is 518 g/mol. The second kappa shape index (κ2) is 14.6. The van der Waals surface area contributed by atoms with Gasteiger partial charge in [0.2, 0.25) is 5.91 Å². The number of carbonyl (C=O) groups is 1. The second-order valence-corrected chi connectivity index (χ2v) is 6.94. The van der Waals surface area contributed by atoms with Crippen molar-refractivity contribution >= 4 is 41.5 Å². The number of likely N-dealkylation sites (tertiary alicyclic amines) is 1. The summed E-state index contributed by atoms with van der Waals surface area (Å²) < 4.78 is 10.7. The van der Waals surface area contributed by atoms with E-state index in [4.69, 9.17) is 9.47 Å². The van der Waals surface area contributed by atoms with E-state index in [0.717, 1.165) is 50.7 Å². The molecule has 0 aromatic heterocycles. The van der Waals surface area contributed by atoms with Gasteiger partial charge in [0, 0.05) is 38.3 Å². The summed E-state index contributed by atoms with van der Waals surface area (Å²) in [4.78, 5) is 19.1. The lowest BCUT2D eigenvalue weighted by Gasteiger charge is -2.21. The smallest absolute Gasteiger partial charge is 0.246 e. The van der Waals surface area contributed by atoms with Crippen molar-refractivity contribution in [2.75, 3.05) is 58.4 Å². The van der Waals surface area contributed by atoms with E-state index in [1.54, 1.807) is 7.11 Å². The van der Waals surface area contributed by atoms with Gasteiger partial charge in [0.05, 0.1) is 19.8 Å². The lowest BCUT2D eigenvalue weighted by molar-refractivity contribution is -0.114. The number of methoxy groups -OCH3 is 1. The molecule has 7 nitrogen and oxygen atoms in total. The second-order valence-electron chi connectivity index (χ2n) is 6.94. The summed E-state index contributed by atoms with van der Waals surface area (Å²) in [6.45, 7) is 8.79. The largest absolute Gasteiger partial charge is 0.382 e. The van der Waals surface area contributed by atoms with Gasteiger partial charge in [-0.1, -0.05) is 19.1 Å². The van der Waals surface area contributed by atoms with Crippen LogP contribution in [-0.2, 0) is 20.7 Å². The Morgan fingerprint density at radius 1 is 1.31 bits per heavy atom. The maximum atomic E-state index is 12.3. The third-order valence-electron chi connectivity index (χ3n) is 4.70. The molecule has 1 saturated heterocycles. The number of nitrogens with zero attached hydrogens (tertiary/aromatic N) is 2. The summed E-state index contributed by atoms with van der Waals surface area (Å²) in [7, 11) is 1.68. The highest BCUT2D eigenvalue weighted by molar-refractivity contribution is 14.0. The van der Waals surface area contributed by atoms with Crippen molar-refractivity contribution in [3.05, 3.63) is 29.8 Å². The van der Waals surface area contributed by atoms with Crippen molar-refractivity contribution in [2.24, 2.45) is 10.9 Å². The van der Waals surface area contributed by atoms with Crippen molar-refractivity contribution < 1.29 is 14.3 Å². The Morgan fingerprint density at radius 2 is 2.14 bits per heavy atom. The van der Waals surface area contributed by atoms with E-state index < -0.39 is 0 Å². The quantitative estimate of drug-likeness (QED) is 0.216. The highest BCUT2D eigenvalue weighted by Gasteiger charge is 2.25. The molecule has 1 atom stereocenters. The van der Waals surface area contributed by atoms with Crippen LogP contribution in [0.3, 0.4) is 0 Å². The van der Waals surface area contributed by atoms with Gasteiger partial charge in [-0.2, -0.15) is 0 Å². The van der Waals surface area contributed by atoms with Gasteiger partial charge >= 0.3 is 0 Å². The van der Waals surface area contributed by atoms with Crippen molar-refractivity contribution in [1.82, 2.24) is 10.2 Å². The molecule has 0 spiro atoms. The number of halogens is 1. The van der Waals surface area contributed by atoms with Gasteiger partial charge in [-0.3, -0.25) is 4.79 Å². The van der Waals surface area contributed by atoms with Crippen LogP contribution in [0.15, 0.2) is 29.3 Å². The summed E-state index contributed by atoms with van der Waals surface area (Å²) in [5.41, 5.74) is 2.02. The van der Waals surface area contributed by atoms with Gasteiger partial charge in [-0.15, -0.1) is 24.0 Å². The van der Waals surface area contributed by atoms with Crippen molar-refractivity contribution in [1.29, 1.82) is 0 Å². The highest BCUT2D eigenvalue weighted by atomic mass is 127. The number of aryl methyl sites for hydroxylation is 1. The minimum absolute atomic E-state index is 0. The first-order valence-corrected chi connectivity index (χ1v) is 10.1. The van der Waals surface area contributed by atoms with Crippen molar-refractivity contribution in [2.45, 2.75) is 26.7 Å². The molecule has 1 aliphatic rings. The first-order valence-electron chi connectivity index (χ1n) is 10.1. The molecule has 1 amide bonds. The predicted octanol–water partition coefficient (Wildman–Crippen LogP) is 2.76. The van der Waals surface area contributed by atoms with E-state index in [-0.39, 0.29) is 36.4 Å². The van der Waals surface area contributed by atoms with Gasteiger partial charge in [0.15, 0.2) is 5.96 Å². The molecule has 0 saturated carbocycles. The molecule has 0 aliphatic carbocycles. The van der Waals surface area contributed by atoms with Crippen LogP contribution < -0.4 is 10.6 Å². The first kappa shape index (κ1) is 25.6. The summed E-state index contributed by atoms with van der Waals surface area (Å²) >= 11 is 0. The highest BCUT2D eigenvalue weighted by Crippen LogP contribution is 2.17. The Labute approximate surface area is 191 Å². The Kier molecular flexibility index (Phi) is 12.9. The van der Waals surface area contributed by atoms with E-state index in [9.17, 15) is 4.79 Å². The number of carbonyl (C=O) groups excluding carboxylic acids is 1. The van der Waals surface area contributed by atoms with E-state index in [0.29, 0.717) is 19.1 Å². The molecule has 2 rings (SSSR count). The fourth-order valence-electron chi connectivity index (χ4n) is 3.20. The van der Waals surface area contributed by atoms with Gasteiger partial charge < -0.3 is 25.0 Å². The van der Waals surface area contributed by atoms with E-state index in [1.807, 2.05) is 25.1 Å². The number of anilines is 1. The maximum absolute atomic E-state index is 12.3. The van der Waals surface area contributed by atoms with Crippen molar-refractivity contribution in [3.8, 4) is 0 Å². The van der Waals surface area contributed by atoms with Gasteiger partial charge in [0.1, 0.15) is 6.54 Å². The molecule has 0 radical (unpaired) electrons. The standard InChI is InChI=1S/C21H34N4O3.HI/c1-4-17-7-6-8-19(13-17)24-20(26)14-23-21(22-5-2)25-10-9-18(15-25)16-28-12-11-27-3;/h6-8,13,18H,4-5,9-12,14-16H2,1-3H3,(H,22,23)(H,24,26);1H. The molecule has 8 heteroatoms. The van der Waals surface area contributed by atoms with Gasteiger partial charge in [0.25, 0.3) is 0 Å².